The van der Waals surface area contributed by atoms with Gasteiger partial charge >= 0.3 is 0 Å². The highest BCUT2D eigenvalue weighted by atomic mass is 32.2. The lowest BCUT2D eigenvalue weighted by Gasteiger charge is -2.00. The Hall–Kier alpha value is -1.07. The molecule has 2 aromatic rings. The molecule has 0 bridgehead atoms. The van der Waals surface area contributed by atoms with E-state index in [2.05, 4.69) is 39.9 Å². The molecule has 0 aliphatic rings. The van der Waals surface area contributed by atoms with Gasteiger partial charge in [-0.25, -0.2) is 4.98 Å². The molecule has 2 rings (SSSR count). The molecule has 1 heterocycles. The smallest absolute Gasteiger partial charge is 0.199 e. The summed E-state index contributed by atoms with van der Waals surface area (Å²) in [4.78, 5) is 5.43. The van der Waals surface area contributed by atoms with Gasteiger partial charge in [0.15, 0.2) is 5.13 Å². The van der Waals surface area contributed by atoms with Crippen molar-refractivity contribution in [3.05, 3.63) is 35.7 Å². The number of rotatable bonds is 4. The van der Waals surface area contributed by atoms with Gasteiger partial charge in [-0.15, -0.1) is 11.8 Å². The fraction of sp³-hybridized carbons (Fsp3) is 0.273. The van der Waals surface area contributed by atoms with Crippen molar-refractivity contribution >= 4 is 28.4 Å². The zero-order valence-corrected chi connectivity index (χ0v) is 10.6. The maximum Gasteiger partial charge on any atom is 0.199 e. The van der Waals surface area contributed by atoms with Crippen molar-refractivity contribution in [2.45, 2.75) is 17.7 Å². The lowest BCUT2D eigenvalue weighted by molar-refractivity contribution is 0.890. The van der Waals surface area contributed by atoms with Gasteiger partial charge in [-0.1, -0.05) is 12.1 Å². The number of nitrogens with zero attached hydrogens (tertiary/aromatic N) is 2. The van der Waals surface area contributed by atoms with E-state index < -0.39 is 0 Å². The molecule has 0 unspecified atom stereocenters. The minimum absolute atomic E-state index is 0.549. The van der Waals surface area contributed by atoms with E-state index >= 15 is 0 Å². The molecule has 0 atom stereocenters. The lowest BCUT2D eigenvalue weighted by Crippen LogP contribution is -1.94. The zero-order chi connectivity index (χ0) is 11.4. The molecule has 0 fully saturated rings. The van der Waals surface area contributed by atoms with E-state index in [9.17, 15) is 0 Å². The number of nitrogen functional groups attached to an aromatic ring is 1. The zero-order valence-electron chi connectivity index (χ0n) is 9.01. The van der Waals surface area contributed by atoms with Crippen molar-refractivity contribution in [2.75, 3.05) is 12.0 Å². The number of benzene rings is 1. The van der Waals surface area contributed by atoms with Crippen LogP contribution in [-0.4, -0.2) is 15.6 Å². The van der Waals surface area contributed by atoms with E-state index in [1.54, 1.807) is 11.8 Å². The van der Waals surface area contributed by atoms with Crippen molar-refractivity contribution in [3.8, 4) is 0 Å². The van der Waals surface area contributed by atoms with Crippen LogP contribution in [0.4, 0.5) is 5.13 Å². The minimum atomic E-state index is 0.549. The first-order chi connectivity index (χ1) is 7.78. The third-order valence-electron chi connectivity index (χ3n) is 2.28. The largest absolute Gasteiger partial charge is 0.374 e. The molecule has 84 valence electrons. The van der Waals surface area contributed by atoms with E-state index in [1.807, 2.05) is 0 Å². The summed E-state index contributed by atoms with van der Waals surface area (Å²) in [6.07, 6.45) is 3.90. The first-order valence-electron chi connectivity index (χ1n) is 4.99. The van der Waals surface area contributed by atoms with Crippen LogP contribution in [0.25, 0.3) is 0 Å². The van der Waals surface area contributed by atoms with Crippen LogP contribution in [0, 0.1) is 0 Å². The topological polar surface area (TPSA) is 51.8 Å². The number of nitrogens with two attached hydrogens (primary N) is 1. The van der Waals surface area contributed by atoms with Crippen LogP contribution >= 0.6 is 23.3 Å². The van der Waals surface area contributed by atoms with Crippen LogP contribution in [0.1, 0.15) is 11.4 Å². The first-order valence-corrected chi connectivity index (χ1v) is 6.99. The van der Waals surface area contributed by atoms with Gasteiger partial charge in [0.05, 0.1) is 0 Å². The molecule has 0 saturated heterocycles. The monoisotopic (exact) mass is 251 g/mol. The lowest BCUT2D eigenvalue weighted by atomic mass is 10.1. The highest BCUT2D eigenvalue weighted by molar-refractivity contribution is 7.98. The fourth-order valence-electron chi connectivity index (χ4n) is 1.42. The predicted octanol–water partition coefficient (Wildman–Crippen LogP) is 2.63. The number of hydrogen-bond acceptors (Lipinski definition) is 5. The summed E-state index contributed by atoms with van der Waals surface area (Å²) in [5.74, 6) is 0.844. The molecule has 3 nitrogen and oxygen atoms in total. The number of aromatic nitrogens is 2. The summed E-state index contributed by atoms with van der Waals surface area (Å²) in [5, 5.41) is 0.549. The fourth-order valence-corrected chi connectivity index (χ4v) is 2.30. The molecule has 0 aliphatic carbocycles. The van der Waals surface area contributed by atoms with Crippen LogP contribution in [0.15, 0.2) is 29.2 Å². The molecule has 0 amide bonds. The molecule has 0 radical (unpaired) electrons. The maximum atomic E-state index is 5.53. The summed E-state index contributed by atoms with van der Waals surface area (Å²) >= 11 is 3.01. The van der Waals surface area contributed by atoms with E-state index in [1.165, 1.54) is 22.0 Å². The minimum Gasteiger partial charge on any atom is -0.374 e. The molecule has 16 heavy (non-hydrogen) atoms. The van der Waals surface area contributed by atoms with Crippen LogP contribution in [0.5, 0.6) is 0 Å². The standard InChI is InChI=1S/C11H13N3S2/c1-15-9-5-2-8(3-6-9)4-7-10-13-11(12)16-14-10/h2-3,5-6H,4,7H2,1H3,(H2,12,13,14). The van der Waals surface area contributed by atoms with Gasteiger partial charge < -0.3 is 5.73 Å². The Morgan fingerprint density at radius 3 is 2.56 bits per heavy atom. The molecule has 1 aromatic carbocycles. The molecule has 0 saturated carbocycles. The van der Waals surface area contributed by atoms with E-state index in [0.29, 0.717) is 5.13 Å². The van der Waals surface area contributed by atoms with Crippen molar-refractivity contribution in [1.82, 2.24) is 9.36 Å². The molecule has 1 aromatic heterocycles. The Balaban J connectivity index is 1.94. The second-order valence-electron chi connectivity index (χ2n) is 3.40. The average molecular weight is 251 g/mol. The summed E-state index contributed by atoms with van der Waals surface area (Å²) in [7, 11) is 0. The van der Waals surface area contributed by atoms with Gasteiger partial charge in [0.1, 0.15) is 5.82 Å². The normalized spacial score (nSPS) is 10.6. The van der Waals surface area contributed by atoms with Crippen LogP contribution < -0.4 is 5.73 Å². The van der Waals surface area contributed by atoms with Crippen LogP contribution in [-0.2, 0) is 12.8 Å². The summed E-state index contributed by atoms with van der Waals surface area (Å²) in [6, 6.07) is 8.59. The Kier molecular flexibility index (Phi) is 3.79. The highest BCUT2D eigenvalue weighted by Crippen LogP contribution is 2.16. The first kappa shape index (κ1) is 11.4. The van der Waals surface area contributed by atoms with E-state index in [0.717, 1.165) is 18.7 Å². The van der Waals surface area contributed by atoms with Crippen molar-refractivity contribution in [1.29, 1.82) is 0 Å². The molecule has 0 aliphatic heterocycles. The highest BCUT2D eigenvalue weighted by Gasteiger charge is 2.01. The SMILES string of the molecule is CSc1ccc(CCc2nsc(N)n2)cc1. The maximum absolute atomic E-state index is 5.53. The predicted molar refractivity (Wildman–Crippen MR) is 70.0 cm³/mol. The summed E-state index contributed by atoms with van der Waals surface area (Å²) in [5.41, 5.74) is 6.84. The van der Waals surface area contributed by atoms with Crippen molar-refractivity contribution in [3.63, 3.8) is 0 Å². The van der Waals surface area contributed by atoms with Gasteiger partial charge in [0.2, 0.25) is 0 Å². The van der Waals surface area contributed by atoms with Crippen molar-refractivity contribution < 1.29 is 0 Å². The Morgan fingerprint density at radius 1 is 1.25 bits per heavy atom. The summed E-state index contributed by atoms with van der Waals surface area (Å²) < 4.78 is 4.17. The summed E-state index contributed by atoms with van der Waals surface area (Å²) in [6.45, 7) is 0. The van der Waals surface area contributed by atoms with Gasteiger partial charge in [-0.3, -0.25) is 0 Å². The third kappa shape index (κ3) is 2.96. The Bertz CT molecular complexity index is 451. The number of thioether (sulfide) groups is 1. The number of hydrogen-bond donors (Lipinski definition) is 1. The molecule has 2 N–H and O–H groups in total. The average Bonchev–Trinajstić information content (AvgIpc) is 2.73. The van der Waals surface area contributed by atoms with Gasteiger partial charge in [0.25, 0.3) is 0 Å². The molecule has 0 spiro atoms. The molecular formula is C11H13N3S2. The Morgan fingerprint density at radius 2 is 2.00 bits per heavy atom. The van der Waals surface area contributed by atoms with Crippen LogP contribution in [0.2, 0.25) is 0 Å². The van der Waals surface area contributed by atoms with Crippen molar-refractivity contribution in [2.24, 2.45) is 0 Å². The van der Waals surface area contributed by atoms with Gasteiger partial charge in [-0.2, -0.15) is 4.37 Å². The van der Waals surface area contributed by atoms with E-state index in [4.69, 9.17) is 5.73 Å². The van der Waals surface area contributed by atoms with Crippen LogP contribution in [0.3, 0.4) is 0 Å². The van der Waals surface area contributed by atoms with E-state index in [-0.39, 0.29) is 0 Å². The van der Waals surface area contributed by atoms with Gasteiger partial charge in [-0.05, 0) is 30.4 Å². The molecule has 5 heteroatoms. The van der Waals surface area contributed by atoms with Gasteiger partial charge in [0, 0.05) is 22.8 Å². The Labute approximate surface area is 103 Å². The second kappa shape index (κ2) is 5.32. The third-order valence-corrected chi connectivity index (χ3v) is 3.60. The number of anilines is 1. The molecular weight excluding hydrogens is 238 g/mol. The number of aryl methyl sites for hydroxylation is 2. The second-order valence-corrected chi connectivity index (χ2v) is 5.06. The quantitative estimate of drug-likeness (QED) is 0.849.